The van der Waals surface area contributed by atoms with Crippen LogP contribution in [0.5, 0.6) is 0 Å². The minimum absolute atomic E-state index is 0. The average molecular weight is 268 g/mol. The quantitative estimate of drug-likeness (QED) is 0.508. The third kappa shape index (κ3) is 6.66. The molecule has 0 aliphatic heterocycles. The van der Waals surface area contributed by atoms with Crippen molar-refractivity contribution in [2.24, 2.45) is 0 Å². The number of rotatable bonds is 0. The van der Waals surface area contributed by atoms with Gasteiger partial charge < -0.3 is 0 Å². The summed E-state index contributed by atoms with van der Waals surface area (Å²) in [4.78, 5) is 0. The van der Waals surface area contributed by atoms with Gasteiger partial charge >= 0.3 is 48.9 Å². The van der Waals surface area contributed by atoms with Crippen LogP contribution in [0.25, 0.3) is 0 Å². The molecule has 2 aromatic carbocycles. The van der Waals surface area contributed by atoms with Crippen LogP contribution in [0.15, 0.2) is 60.7 Å². The van der Waals surface area contributed by atoms with E-state index < -0.39 is 0 Å². The van der Waals surface area contributed by atoms with Crippen molar-refractivity contribution in [3.05, 3.63) is 60.7 Å². The second-order valence-electron chi connectivity index (χ2n) is 1.92. The molecule has 0 saturated carbocycles. The van der Waals surface area contributed by atoms with E-state index in [1.807, 2.05) is 60.7 Å². The number of hydrogen-bond donors (Lipinski definition) is 0. The first-order valence-corrected chi connectivity index (χ1v) is 3.33. The Kier molecular flexibility index (Phi) is 8.58. The molecular weight excluding hydrogens is 257 g/mol. The average Bonchev–Trinajstić information content (AvgIpc) is 2.67. The molecule has 2 rings (SSSR count). The predicted octanol–water partition coefficient (Wildman–Crippen LogP) is 2.43. The molecule has 0 aliphatic carbocycles. The van der Waals surface area contributed by atoms with Crippen LogP contribution >= 0.6 is 0 Å². The molecule has 0 nitrogen and oxygen atoms in total. The normalized spacial score (nSPS) is 7.27. The van der Waals surface area contributed by atoms with E-state index in [0.717, 1.165) is 0 Å². The minimum Gasteiger partial charge on any atom is -0.214 e. The van der Waals surface area contributed by atoms with E-state index in [4.69, 9.17) is 0 Å². The van der Waals surface area contributed by atoms with Crippen LogP contribution in [0, 0.1) is 0 Å². The van der Waals surface area contributed by atoms with Gasteiger partial charge in [0.05, 0.1) is 0 Å². The van der Waals surface area contributed by atoms with Gasteiger partial charge in [0.1, 0.15) is 0 Å². The Labute approximate surface area is 108 Å². The molecule has 0 fully saturated rings. The molecular formula is C10H10Ba. The summed E-state index contributed by atoms with van der Waals surface area (Å²) in [5, 5.41) is 0. The Hall–Kier alpha value is 0.271. The summed E-state index contributed by atoms with van der Waals surface area (Å²) in [6, 6.07) is 20.0. The first kappa shape index (κ1) is 11.3. The first-order chi connectivity index (χ1) is 5.00. The maximum atomic E-state index is 2.00. The molecule has 0 N–H and O–H groups in total. The molecule has 0 unspecified atom stereocenters. The maximum absolute atomic E-state index is 2.00. The van der Waals surface area contributed by atoms with Gasteiger partial charge in [0, 0.05) is 0 Å². The largest absolute Gasteiger partial charge is 2.00 e. The number of hydrogen-bond acceptors (Lipinski definition) is 0. The third-order valence-corrected chi connectivity index (χ3v) is 1.11. The Balaban J connectivity index is 0.000000167. The summed E-state index contributed by atoms with van der Waals surface area (Å²) in [5.74, 6) is 0. The summed E-state index contributed by atoms with van der Waals surface area (Å²) in [5.41, 5.74) is 0. The van der Waals surface area contributed by atoms with E-state index >= 15 is 0 Å². The fourth-order valence-electron chi connectivity index (χ4n) is 0.642. The predicted molar refractivity (Wildman–Crippen MR) is 49.8 cm³/mol. The van der Waals surface area contributed by atoms with Crippen molar-refractivity contribution in [1.29, 1.82) is 0 Å². The molecule has 0 saturated heterocycles. The summed E-state index contributed by atoms with van der Waals surface area (Å²) in [6.07, 6.45) is 0. The zero-order chi connectivity index (χ0) is 7.07. The van der Waals surface area contributed by atoms with Crippen LogP contribution < -0.4 is 0 Å². The van der Waals surface area contributed by atoms with Crippen LogP contribution in [0.1, 0.15) is 0 Å². The zero-order valence-corrected chi connectivity index (χ0v) is 10.9. The fraction of sp³-hybridized carbons (Fsp3) is 0. The topological polar surface area (TPSA) is 0 Å². The molecule has 0 atom stereocenters. The SMILES string of the molecule is [Ba+2].c1cc[cH-]c1.c1cc[cH-]c1. The molecule has 0 aliphatic rings. The van der Waals surface area contributed by atoms with Crippen LogP contribution in [-0.2, 0) is 0 Å². The smallest absolute Gasteiger partial charge is 0.214 e. The van der Waals surface area contributed by atoms with Gasteiger partial charge in [0.2, 0.25) is 0 Å². The Morgan fingerprint density at radius 2 is 0.818 bits per heavy atom. The van der Waals surface area contributed by atoms with Crippen molar-refractivity contribution >= 4 is 48.9 Å². The summed E-state index contributed by atoms with van der Waals surface area (Å²) in [6.45, 7) is 0. The van der Waals surface area contributed by atoms with Crippen molar-refractivity contribution in [2.75, 3.05) is 0 Å². The standard InChI is InChI=1S/2C5H5.Ba/c2*1-2-4-5-3-1;/h2*1-5H;/q2*-1;+2. The molecule has 0 radical (unpaired) electrons. The zero-order valence-electron chi connectivity index (χ0n) is 6.48. The Morgan fingerprint density at radius 3 is 0.909 bits per heavy atom. The fourth-order valence-corrected chi connectivity index (χ4v) is 0.642. The van der Waals surface area contributed by atoms with Crippen molar-refractivity contribution < 1.29 is 0 Å². The molecule has 0 spiro atoms. The van der Waals surface area contributed by atoms with Crippen LogP contribution in [-0.4, -0.2) is 48.9 Å². The molecule has 0 heterocycles. The van der Waals surface area contributed by atoms with Gasteiger partial charge in [-0.1, -0.05) is 0 Å². The van der Waals surface area contributed by atoms with Crippen LogP contribution in [0.4, 0.5) is 0 Å². The van der Waals surface area contributed by atoms with Gasteiger partial charge in [0.15, 0.2) is 0 Å². The van der Waals surface area contributed by atoms with Crippen molar-refractivity contribution in [2.45, 2.75) is 0 Å². The second kappa shape index (κ2) is 8.37. The van der Waals surface area contributed by atoms with Crippen LogP contribution in [0.2, 0.25) is 0 Å². The Bertz CT molecular complexity index is 144. The summed E-state index contributed by atoms with van der Waals surface area (Å²) < 4.78 is 0. The maximum Gasteiger partial charge on any atom is 2.00 e. The molecule has 1 heteroatoms. The molecule has 0 bridgehead atoms. The van der Waals surface area contributed by atoms with Crippen LogP contribution in [0.3, 0.4) is 0 Å². The third-order valence-electron chi connectivity index (χ3n) is 1.11. The molecule has 11 heavy (non-hydrogen) atoms. The second-order valence-corrected chi connectivity index (χ2v) is 1.92. The summed E-state index contributed by atoms with van der Waals surface area (Å²) in [7, 11) is 0. The van der Waals surface area contributed by atoms with Gasteiger partial charge in [-0.05, 0) is 0 Å². The molecule has 2 aromatic rings. The van der Waals surface area contributed by atoms with Gasteiger partial charge in [-0.3, -0.25) is 0 Å². The van der Waals surface area contributed by atoms with E-state index in [1.54, 1.807) is 0 Å². The minimum atomic E-state index is 0. The van der Waals surface area contributed by atoms with Crippen molar-refractivity contribution in [3.63, 3.8) is 0 Å². The van der Waals surface area contributed by atoms with E-state index in [0.29, 0.717) is 0 Å². The van der Waals surface area contributed by atoms with Gasteiger partial charge in [0.25, 0.3) is 0 Å². The van der Waals surface area contributed by atoms with Gasteiger partial charge in [-0.2, -0.15) is 36.4 Å². The first-order valence-electron chi connectivity index (χ1n) is 3.33. The van der Waals surface area contributed by atoms with Crippen molar-refractivity contribution in [1.82, 2.24) is 0 Å². The van der Waals surface area contributed by atoms with E-state index in [-0.39, 0.29) is 48.9 Å². The van der Waals surface area contributed by atoms with E-state index in [2.05, 4.69) is 0 Å². The molecule has 0 aromatic heterocycles. The van der Waals surface area contributed by atoms with Crippen molar-refractivity contribution in [3.8, 4) is 0 Å². The molecule has 52 valence electrons. The van der Waals surface area contributed by atoms with Gasteiger partial charge in [-0.25, -0.2) is 24.3 Å². The molecule has 0 amide bonds. The monoisotopic (exact) mass is 268 g/mol. The van der Waals surface area contributed by atoms with E-state index in [9.17, 15) is 0 Å². The summed E-state index contributed by atoms with van der Waals surface area (Å²) >= 11 is 0. The van der Waals surface area contributed by atoms with E-state index in [1.165, 1.54) is 0 Å². The van der Waals surface area contributed by atoms with Gasteiger partial charge in [-0.15, -0.1) is 0 Å². The Morgan fingerprint density at radius 1 is 0.545 bits per heavy atom.